The number of allylic oxidation sites excluding steroid dienone is 3. The summed E-state index contributed by atoms with van der Waals surface area (Å²) in [6.45, 7) is 18.9. The predicted molar refractivity (Wildman–Crippen MR) is 166 cm³/mol. The number of aromatic nitrogens is 4. The van der Waals surface area contributed by atoms with E-state index in [1.54, 1.807) is 17.2 Å². The molecule has 1 amide bonds. The smallest absolute Gasteiger partial charge is 0.229 e. The third-order valence-corrected chi connectivity index (χ3v) is 6.44. The number of nitrogen functional groups attached to an aromatic ring is 1. The molecule has 2 aromatic heterocycles. The Morgan fingerprint density at radius 1 is 1.12 bits per heavy atom. The number of benzene rings is 1. The topological polar surface area (TPSA) is 108 Å². The van der Waals surface area contributed by atoms with Gasteiger partial charge < -0.3 is 25.8 Å². The fourth-order valence-corrected chi connectivity index (χ4v) is 4.03. The van der Waals surface area contributed by atoms with Gasteiger partial charge in [0.25, 0.3) is 0 Å². The first kappa shape index (κ1) is 30.1. The van der Waals surface area contributed by atoms with E-state index in [4.69, 9.17) is 5.73 Å². The van der Waals surface area contributed by atoms with Crippen LogP contribution >= 0.6 is 0 Å². The number of piperazine rings is 1. The molecule has 1 fully saturated rings. The summed E-state index contributed by atoms with van der Waals surface area (Å²) in [4.78, 5) is 25.2. The molecule has 0 unspecified atom stereocenters. The summed E-state index contributed by atoms with van der Waals surface area (Å²) in [5.41, 5.74) is 9.97. The van der Waals surface area contributed by atoms with Crippen LogP contribution in [0.3, 0.4) is 0 Å². The molecular weight excluding hydrogens is 502 g/mol. The molecule has 0 atom stereocenters. The highest BCUT2D eigenvalue weighted by molar-refractivity contribution is 5.83. The number of nitrogens with two attached hydrogens (primary N) is 1. The van der Waals surface area contributed by atoms with Crippen molar-refractivity contribution < 1.29 is 4.79 Å². The van der Waals surface area contributed by atoms with Crippen LogP contribution in [0.15, 0.2) is 80.2 Å². The van der Waals surface area contributed by atoms with Crippen molar-refractivity contribution in [3.05, 3.63) is 80.2 Å². The molecule has 212 valence electrons. The molecule has 0 bridgehead atoms. The Bertz CT molecular complexity index is 1320. The highest BCUT2D eigenvalue weighted by Crippen LogP contribution is 2.25. The Morgan fingerprint density at radius 3 is 2.48 bits per heavy atom. The Balaban J connectivity index is 0.000000260. The van der Waals surface area contributed by atoms with Gasteiger partial charge in [-0.15, -0.1) is 6.58 Å². The van der Waals surface area contributed by atoms with E-state index >= 15 is 0 Å². The number of rotatable bonds is 7. The largest absolute Gasteiger partial charge is 0.382 e. The molecule has 2 aliphatic rings. The Morgan fingerprint density at radius 2 is 1.88 bits per heavy atom. The number of hydrogen-bond donors (Lipinski definition) is 2. The summed E-state index contributed by atoms with van der Waals surface area (Å²) in [5.74, 6) is 0.962. The number of nitrogens with one attached hydrogen (secondary N) is 1. The lowest BCUT2D eigenvalue weighted by Crippen LogP contribution is -2.43. The summed E-state index contributed by atoms with van der Waals surface area (Å²) in [7, 11) is 2.07. The number of carbonyl (C=O) groups excluding carboxylic acids is 1. The minimum atomic E-state index is 0.480. The molecule has 5 rings (SSSR count). The van der Waals surface area contributed by atoms with Gasteiger partial charge >= 0.3 is 0 Å². The second-order valence-electron chi connectivity index (χ2n) is 9.68. The van der Waals surface area contributed by atoms with Crippen LogP contribution in [0, 0.1) is 0 Å². The second kappa shape index (κ2) is 15.2. The minimum Gasteiger partial charge on any atom is -0.382 e. The molecule has 0 saturated carbocycles. The van der Waals surface area contributed by atoms with Gasteiger partial charge in [-0.25, -0.2) is 4.98 Å². The second-order valence-corrected chi connectivity index (χ2v) is 9.68. The molecule has 10 heteroatoms. The Hall–Kier alpha value is -4.44. The van der Waals surface area contributed by atoms with E-state index in [9.17, 15) is 4.79 Å². The number of nitrogens with zero attached hydrogens (tertiary/aromatic N) is 7. The van der Waals surface area contributed by atoms with Crippen LogP contribution in [-0.4, -0.2) is 82.3 Å². The fourth-order valence-electron chi connectivity index (χ4n) is 4.03. The van der Waals surface area contributed by atoms with Crippen molar-refractivity contribution in [2.24, 2.45) is 0 Å². The van der Waals surface area contributed by atoms with E-state index in [-0.39, 0.29) is 0 Å². The van der Waals surface area contributed by atoms with Crippen LogP contribution < -0.4 is 16.0 Å². The first-order chi connectivity index (χ1) is 19.3. The van der Waals surface area contributed by atoms with Gasteiger partial charge in [0.15, 0.2) is 5.82 Å². The molecule has 0 radical (unpaired) electrons. The standard InChI is InChI=1S/C19H21N7.C6H12N2O.C5H8/c1-2-8-26-16-11-15(7-6-14(16)12-22-26)23-19-21-13-17(18(20)24-19)25-9-4-3-5-10-25;1-7-2-4-8(6-9)5-3-7;1-4-5(2)3/h2-4,6-7,11-13H,1,5,8-10H2,(H3,20,21,23,24);6H,2-5H2,1H3;4H,1-2H2,3H3. The fraction of sp³-hybridized carbons (Fsp3) is 0.333. The molecule has 3 aromatic rings. The number of anilines is 4. The zero-order chi connectivity index (χ0) is 28.9. The van der Waals surface area contributed by atoms with Crippen LogP contribution in [0.5, 0.6) is 0 Å². The van der Waals surface area contributed by atoms with Gasteiger partial charge in [-0.2, -0.15) is 10.1 Å². The van der Waals surface area contributed by atoms with E-state index in [1.165, 1.54) is 0 Å². The molecule has 10 nitrogen and oxygen atoms in total. The van der Waals surface area contributed by atoms with Gasteiger partial charge in [0.05, 0.1) is 30.1 Å². The van der Waals surface area contributed by atoms with Crippen LogP contribution in [-0.2, 0) is 11.3 Å². The molecule has 1 saturated heterocycles. The van der Waals surface area contributed by atoms with Gasteiger partial charge in [-0.1, -0.05) is 43.0 Å². The molecular formula is C30H41N9O. The number of carbonyl (C=O) groups is 1. The van der Waals surface area contributed by atoms with E-state index in [1.807, 2.05) is 42.1 Å². The quantitative estimate of drug-likeness (QED) is 0.259. The maximum Gasteiger partial charge on any atom is 0.229 e. The molecule has 2 aliphatic heterocycles. The number of likely N-dealkylation sites (N-methyl/N-ethyl adjacent to an activating group) is 1. The molecule has 3 N–H and O–H groups in total. The number of amides is 1. The van der Waals surface area contributed by atoms with Crippen molar-refractivity contribution in [1.82, 2.24) is 29.5 Å². The van der Waals surface area contributed by atoms with E-state index in [2.05, 4.69) is 69.1 Å². The summed E-state index contributed by atoms with van der Waals surface area (Å²) < 4.78 is 1.90. The van der Waals surface area contributed by atoms with Crippen molar-refractivity contribution in [3.8, 4) is 0 Å². The van der Waals surface area contributed by atoms with E-state index in [0.717, 1.165) is 80.0 Å². The average Bonchev–Trinajstić information content (AvgIpc) is 3.37. The van der Waals surface area contributed by atoms with Gasteiger partial charge in [-0.05, 0) is 38.6 Å². The molecule has 0 aliphatic carbocycles. The summed E-state index contributed by atoms with van der Waals surface area (Å²) >= 11 is 0. The maximum absolute atomic E-state index is 10.2. The molecule has 40 heavy (non-hydrogen) atoms. The Labute approximate surface area is 237 Å². The third-order valence-electron chi connectivity index (χ3n) is 6.44. The van der Waals surface area contributed by atoms with Crippen LogP contribution in [0.2, 0.25) is 0 Å². The van der Waals surface area contributed by atoms with Crippen LogP contribution in [0.4, 0.5) is 23.1 Å². The van der Waals surface area contributed by atoms with Crippen LogP contribution in [0.25, 0.3) is 10.9 Å². The normalized spacial score (nSPS) is 14.8. The highest BCUT2D eigenvalue weighted by atomic mass is 16.1. The maximum atomic E-state index is 10.2. The summed E-state index contributed by atoms with van der Waals surface area (Å²) in [6, 6.07) is 6.02. The Kier molecular flexibility index (Phi) is 11.5. The lowest BCUT2D eigenvalue weighted by Gasteiger charge is -2.29. The van der Waals surface area contributed by atoms with Gasteiger partial charge in [-0.3, -0.25) is 9.48 Å². The molecule has 1 aromatic carbocycles. The van der Waals surface area contributed by atoms with E-state index in [0.29, 0.717) is 18.3 Å². The number of hydrogen-bond acceptors (Lipinski definition) is 8. The van der Waals surface area contributed by atoms with Crippen LogP contribution in [0.1, 0.15) is 13.3 Å². The SMILES string of the molecule is C=CC(=C)C.C=CCn1ncc2ccc(Nc3ncc(N4CC=CCC4)c(N)n3)cc21.CN1CCN(C=O)CC1. The zero-order valence-electron chi connectivity index (χ0n) is 23.7. The number of fused-ring (bicyclic) bond motifs is 1. The first-order valence-corrected chi connectivity index (χ1v) is 13.4. The molecule has 4 heterocycles. The van der Waals surface area contributed by atoms with Crippen molar-refractivity contribution in [2.75, 3.05) is 62.3 Å². The third kappa shape index (κ3) is 8.81. The summed E-state index contributed by atoms with van der Waals surface area (Å²) in [5, 5.41) is 8.67. The summed E-state index contributed by atoms with van der Waals surface area (Å²) in [6.07, 6.45) is 13.4. The van der Waals surface area contributed by atoms with Gasteiger partial charge in [0, 0.05) is 50.3 Å². The van der Waals surface area contributed by atoms with Gasteiger partial charge in [0.1, 0.15) is 0 Å². The van der Waals surface area contributed by atoms with Crippen molar-refractivity contribution >= 4 is 40.5 Å². The monoisotopic (exact) mass is 543 g/mol. The van der Waals surface area contributed by atoms with Gasteiger partial charge in [0.2, 0.25) is 12.4 Å². The predicted octanol–water partition coefficient (Wildman–Crippen LogP) is 4.24. The lowest BCUT2D eigenvalue weighted by molar-refractivity contribution is -0.119. The average molecular weight is 544 g/mol. The highest BCUT2D eigenvalue weighted by Gasteiger charge is 2.13. The van der Waals surface area contributed by atoms with Crippen molar-refractivity contribution in [3.63, 3.8) is 0 Å². The van der Waals surface area contributed by atoms with E-state index < -0.39 is 0 Å². The molecule has 0 spiro atoms. The first-order valence-electron chi connectivity index (χ1n) is 13.4. The minimum absolute atomic E-state index is 0.480. The lowest BCUT2D eigenvalue weighted by atomic mass is 10.2. The van der Waals surface area contributed by atoms with Crippen molar-refractivity contribution in [1.29, 1.82) is 0 Å². The van der Waals surface area contributed by atoms with Crippen molar-refractivity contribution in [2.45, 2.75) is 19.9 Å². The zero-order valence-corrected chi connectivity index (χ0v) is 23.7.